The smallest absolute Gasteiger partial charge is 0.296 e. The van der Waals surface area contributed by atoms with E-state index < -0.39 is 18.4 Å². The molecule has 6 heteroatoms. The molecule has 0 aliphatic rings. The molecule has 2 atom stereocenters. The van der Waals surface area contributed by atoms with E-state index in [1.54, 1.807) is 24.3 Å². The number of aryl methyl sites for hydroxylation is 1. The fourth-order valence-electron chi connectivity index (χ4n) is 2.69. The first kappa shape index (κ1) is 25.3. The number of unbranched alkanes of at least 4 members (excludes halogenated alkanes) is 2. The Balaban J connectivity index is 2.84. The lowest BCUT2D eigenvalue weighted by molar-refractivity contribution is 0.0852. The van der Waals surface area contributed by atoms with Crippen molar-refractivity contribution in [2.75, 3.05) is 6.61 Å². The summed E-state index contributed by atoms with van der Waals surface area (Å²) in [5.74, 6) is 0.00574. The zero-order valence-electron chi connectivity index (χ0n) is 19.0. The first-order valence-electron chi connectivity index (χ1n) is 10.4. The topological polar surface area (TPSA) is 52.6 Å². The van der Waals surface area contributed by atoms with E-state index in [-0.39, 0.29) is 28.6 Å². The van der Waals surface area contributed by atoms with Crippen molar-refractivity contribution in [1.29, 1.82) is 0 Å². The van der Waals surface area contributed by atoms with Gasteiger partial charge in [-0.25, -0.2) is 0 Å². The van der Waals surface area contributed by atoms with Crippen molar-refractivity contribution in [3.8, 4) is 0 Å². The van der Waals surface area contributed by atoms with Gasteiger partial charge in [-0.2, -0.15) is 8.42 Å². The molecule has 4 nitrogen and oxygen atoms in total. The van der Waals surface area contributed by atoms with E-state index in [4.69, 9.17) is 8.61 Å². The van der Waals surface area contributed by atoms with Gasteiger partial charge in [0.25, 0.3) is 10.1 Å². The van der Waals surface area contributed by atoms with Crippen molar-refractivity contribution in [1.82, 2.24) is 0 Å². The first-order valence-corrected chi connectivity index (χ1v) is 14.8. The van der Waals surface area contributed by atoms with Crippen LogP contribution < -0.4 is 0 Å². The van der Waals surface area contributed by atoms with Crippen LogP contribution in [0.1, 0.15) is 65.9 Å². The summed E-state index contributed by atoms with van der Waals surface area (Å²) in [4.78, 5) is 0.207. The third-order valence-corrected chi connectivity index (χ3v) is 11.6. The largest absolute Gasteiger partial charge is 0.414 e. The second kappa shape index (κ2) is 10.4. The molecule has 0 heterocycles. The zero-order chi connectivity index (χ0) is 21.6. The maximum atomic E-state index is 12.5. The maximum absolute atomic E-state index is 12.5. The Bertz CT molecular complexity index is 690. The molecule has 0 bridgehead atoms. The number of rotatable bonds is 11. The third kappa shape index (κ3) is 7.62. The summed E-state index contributed by atoms with van der Waals surface area (Å²) in [6, 6.07) is 6.77. The van der Waals surface area contributed by atoms with E-state index in [1.807, 2.05) is 13.8 Å². The standard InChI is InChI=1S/C22H40O4SSi/c1-9-10-11-12-21(26-28(7,8)22(4,5)6)19(3)17-25-27(23,24)20-15-13-18(2)14-16-20/h13-16,19,21H,9-12,17H2,1-8H3/t19-,21-/m0/s1. The quantitative estimate of drug-likeness (QED) is 0.235. The van der Waals surface area contributed by atoms with Gasteiger partial charge in [0.15, 0.2) is 8.32 Å². The summed E-state index contributed by atoms with van der Waals surface area (Å²) in [5, 5.41) is 0.116. The molecule has 0 radical (unpaired) electrons. The van der Waals surface area contributed by atoms with Crippen LogP contribution in [-0.2, 0) is 18.7 Å². The van der Waals surface area contributed by atoms with Gasteiger partial charge in [-0.15, -0.1) is 0 Å². The summed E-state index contributed by atoms with van der Waals surface area (Å²) in [5.41, 5.74) is 1.02. The molecule has 0 spiro atoms. The molecule has 0 N–H and O–H groups in total. The van der Waals surface area contributed by atoms with Gasteiger partial charge in [0.05, 0.1) is 11.5 Å². The monoisotopic (exact) mass is 428 g/mol. The van der Waals surface area contributed by atoms with Gasteiger partial charge in [0.2, 0.25) is 0 Å². The van der Waals surface area contributed by atoms with Crippen LogP contribution in [0.25, 0.3) is 0 Å². The molecule has 1 aromatic rings. The highest BCUT2D eigenvalue weighted by Gasteiger charge is 2.40. The van der Waals surface area contributed by atoms with Gasteiger partial charge >= 0.3 is 0 Å². The molecule has 0 aromatic heterocycles. The molecule has 0 saturated carbocycles. The van der Waals surface area contributed by atoms with Crippen molar-refractivity contribution in [2.45, 2.75) is 96.4 Å². The van der Waals surface area contributed by atoms with Crippen molar-refractivity contribution in [3.63, 3.8) is 0 Å². The minimum atomic E-state index is -3.75. The Labute approximate surface area is 174 Å². The van der Waals surface area contributed by atoms with E-state index in [9.17, 15) is 8.42 Å². The summed E-state index contributed by atoms with van der Waals surface area (Å²) in [6.45, 7) is 17.5. The highest BCUT2D eigenvalue weighted by molar-refractivity contribution is 7.86. The highest BCUT2D eigenvalue weighted by atomic mass is 32.2. The van der Waals surface area contributed by atoms with Gasteiger partial charge in [-0.1, -0.05) is 71.6 Å². The average molecular weight is 429 g/mol. The fraction of sp³-hybridized carbons (Fsp3) is 0.727. The van der Waals surface area contributed by atoms with Crippen molar-refractivity contribution in [2.24, 2.45) is 5.92 Å². The molecule has 0 unspecified atom stereocenters. The van der Waals surface area contributed by atoms with Crippen molar-refractivity contribution >= 4 is 18.4 Å². The highest BCUT2D eigenvalue weighted by Crippen LogP contribution is 2.38. The summed E-state index contributed by atoms with van der Waals surface area (Å²) in [6.07, 6.45) is 4.35. The minimum absolute atomic E-state index is 0.00574. The van der Waals surface area contributed by atoms with Crippen LogP contribution in [0.2, 0.25) is 18.1 Å². The summed E-state index contributed by atoms with van der Waals surface area (Å²) >= 11 is 0. The molecule has 0 fully saturated rings. The van der Waals surface area contributed by atoms with Crippen molar-refractivity contribution < 1.29 is 17.0 Å². The van der Waals surface area contributed by atoms with Crippen LogP contribution in [0, 0.1) is 12.8 Å². The van der Waals surface area contributed by atoms with Gasteiger partial charge in [-0.3, -0.25) is 4.18 Å². The lowest BCUT2D eigenvalue weighted by atomic mass is 10.0. The molecule has 1 rings (SSSR count). The lowest BCUT2D eigenvalue weighted by Crippen LogP contribution is -2.46. The van der Waals surface area contributed by atoms with Crippen LogP contribution in [-0.4, -0.2) is 29.4 Å². The van der Waals surface area contributed by atoms with Crippen LogP contribution in [0.5, 0.6) is 0 Å². The Morgan fingerprint density at radius 3 is 2.14 bits per heavy atom. The molecular formula is C22H40O4SSi. The Hall–Kier alpha value is -0.693. The Morgan fingerprint density at radius 2 is 1.64 bits per heavy atom. The zero-order valence-corrected chi connectivity index (χ0v) is 20.9. The lowest BCUT2D eigenvalue weighted by Gasteiger charge is -2.41. The van der Waals surface area contributed by atoms with Crippen LogP contribution in [0.4, 0.5) is 0 Å². The SMILES string of the molecule is CCCCC[C@H](O[Si](C)(C)C(C)(C)C)[C@@H](C)COS(=O)(=O)c1ccc(C)cc1. The molecule has 0 aliphatic heterocycles. The normalized spacial score (nSPS) is 15.4. The minimum Gasteiger partial charge on any atom is -0.414 e. The van der Waals surface area contributed by atoms with E-state index in [2.05, 4.69) is 40.8 Å². The van der Waals surface area contributed by atoms with Gasteiger partial charge < -0.3 is 4.43 Å². The second-order valence-electron chi connectivity index (χ2n) is 9.44. The molecule has 1 aromatic carbocycles. The molecule has 0 saturated heterocycles. The van der Waals surface area contributed by atoms with E-state index in [0.717, 1.165) is 31.2 Å². The third-order valence-electron chi connectivity index (χ3n) is 5.77. The molecular weight excluding hydrogens is 388 g/mol. The summed E-state index contributed by atoms with van der Waals surface area (Å²) < 4.78 is 37.1. The number of hydrogen-bond acceptors (Lipinski definition) is 4. The summed E-state index contributed by atoms with van der Waals surface area (Å²) in [7, 11) is -5.69. The van der Waals surface area contributed by atoms with Gasteiger partial charge in [0.1, 0.15) is 0 Å². The average Bonchev–Trinajstić information content (AvgIpc) is 2.58. The Kier molecular flexibility index (Phi) is 9.39. The van der Waals surface area contributed by atoms with Gasteiger partial charge in [-0.05, 0) is 43.6 Å². The molecule has 28 heavy (non-hydrogen) atoms. The maximum Gasteiger partial charge on any atom is 0.296 e. The van der Waals surface area contributed by atoms with Gasteiger partial charge in [0, 0.05) is 12.0 Å². The number of hydrogen-bond donors (Lipinski definition) is 0. The van der Waals surface area contributed by atoms with Crippen LogP contribution >= 0.6 is 0 Å². The fourth-order valence-corrected chi connectivity index (χ4v) is 5.15. The van der Waals surface area contributed by atoms with Crippen molar-refractivity contribution in [3.05, 3.63) is 29.8 Å². The molecule has 162 valence electrons. The van der Waals surface area contributed by atoms with Crippen LogP contribution in [0.15, 0.2) is 29.2 Å². The number of benzene rings is 1. The van der Waals surface area contributed by atoms with E-state index in [0.29, 0.717) is 0 Å². The molecule has 0 amide bonds. The first-order chi connectivity index (χ1) is 12.8. The predicted molar refractivity (Wildman–Crippen MR) is 120 cm³/mol. The predicted octanol–water partition coefficient (Wildman–Crippen LogP) is 6.31. The Morgan fingerprint density at radius 1 is 1.07 bits per heavy atom. The van der Waals surface area contributed by atoms with E-state index in [1.165, 1.54) is 0 Å². The van der Waals surface area contributed by atoms with Crippen LogP contribution in [0.3, 0.4) is 0 Å². The second-order valence-corrected chi connectivity index (χ2v) is 15.8. The molecule has 0 aliphatic carbocycles. The van der Waals surface area contributed by atoms with E-state index >= 15 is 0 Å².